The molecule has 0 radical (unpaired) electrons. The fraction of sp³-hybridized carbons (Fsp3) is 0.0667. The molecule has 2 aromatic heterocycles. The number of carbonyl (C=O) groups is 1. The van der Waals surface area contributed by atoms with Crippen LogP contribution in [0, 0.1) is 12.7 Å². The van der Waals surface area contributed by atoms with Gasteiger partial charge in [-0.05, 0) is 31.2 Å². The van der Waals surface area contributed by atoms with E-state index in [1.807, 2.05) is 17.5 Å². The Morgan fingerprint density at radius 1 is 1.30 bits per heavy atom. The van der Waals surface area contributed by atoms with Crippen LogP contribution in [0.25, 0.3) is 5.65 Å². The fourth-order valence-corrected chi connectivity index (χ4v) is 2.01. The van der Waals surface area contributed by atoms with Crippen molar-refractivity contribution in [2.24, 2.45) is 0 Å². The molecule has 4 nitrogen and oxygen atoms in total. The van der Waals surface area contributed by atoms with Gasteiger partial charge in [0.2, 0.25) is 0 Å². The van der Waals surface area contributed by atoms with E-state index in [1.165, 1.54) is 12.1 Å². The molecule has 20 heavy (non-hydrogen) atoms. The zero-order valence-corrected chi connectivity index (χ0v) is 10.8. The number of aryl methyl sites for hydroxylation is 1. The molecule has 1 aromatic carbocycles. The van der Waals surface area contributed by atoms with Crippen molar-refractivity contribution in [3.63, 3.8) is 0 Å². The number of halogens is 1. The topological polar surface area (TPSA) is 46.4 Å². The van der Waals surface area contributed by atoms with E-state index in [1.54, 1.807) is 30.5 Å². The maximum absolute atomic E-state index is 13.5. The summed E-state index contributed by atoms with van der Waals surface area (Å²) in [5.74, 6) is -0.822. The number of rotatable bonds is 2. The summed E-state index contributed by atoms with van der Waals surface area (Å²) < 4.78 is 15.3. The highest BCUT2D eigenvalue weighted by Crippen LogP contribution is 2.15. The molecule has 100 valence electrons. The second-order valence-electron chi connectivity index (χ2n) is 4.50. The number of aromatic nitrogens is 2. The maximum atomic E-state index is 13.5. The van der Waals surface area contributed by atoms with Crippen LogP contribution >= 0.6 is 0 Å². The summed E-state index contributed by atoms with van der Waals surface area (Å²) in [6, 6.07) is 9.40. The minimum atomic E-state index is -0.460. The summed E-state index contributed by atoms with van der Waals surface area (Å²) in [6.45, 7) is 1.88. The van der Waals surface area contributed by atoms with Crippen molar-refractivity contribution in [3.8, 4) is 0 Å². The molecule has 0 spiro atoms. The first-order chi connectivity index (χ1) is 9.63. The predicted molar refractivity (Wildman–Crippen MR) is 74.3 cm³/mol. The lowest BCUT2D eigenvalue weighted by molar-refractivity contribution is 0.102. The number of hydrogen-bond donors (Lipinski definition) is 1. The smallest absolute Gasteiger partial charge is 0.255 e. The summed E-state index contributed by atoms with van der Waals surface area (Å²) in [5.41, 5.74) is 2.16. The highest BCUT2D eigenvalue weighted by molar-refractivity contribution is 6.04. The number of nitrogens with one attached hydrogen (secondary N) is 1. The Morgan fingerprint density at radius 2 is 2.10 bits per heavy atom. The zero-order chi connectivity index (χ0) is 14.1. The molecule has 0 aliphatic carbocycles. The Balaban J connectivity index is 1.90. The molecule has 1 amide bonds. The Morgan fingerprint density at radius 3 is 2.90 bits per heavy atom. The number of amides is 1. The highest BCUT2D eigenvalue weighted by atomic mass is 19.1. The minimum absolute atomic E-state index is 0.164. The van der Waals surface area contributed by atoms with Gasteiger partial charge in [0.05, 0.1) is 11.4 Å². The van der Waals surface area contributed by atoms with Gasteiger partial charge in [0.1, 0.15) is 11.5 Å². The van der Waals surface area contributed by atoms with E-state index in [0.29, 0.717) is 11.2 Å². The van der Waals surface area contributed by atoms with Crippen LogP contribution in [0.3, 0.4) is 0 Å². The quantitative estimate of drug-likeness (QED) is 0.777. The average molecular weight is 269 g/mol. The van der Waals surface area contributed by atoms with Gasteiger partial charge in [0, 0.05) is 18.0 Å². The molecular formula is C15H12FN3O. The van der Waals surface area contributed by atoms with E-state index < -0.39 is 5.82 Å². The molecule has 2 heterocycles. The normalized spacial score (nSPS) is 10.7. The number of carbonyl (C=O) groups excluding carboxylic acids is 1. The first-order valence-electron chi connectivity index (χ1n) is 6.15. The van der Waals surface area contributed by atoms with Crippen LogP contribution in [0.15, 0.2) is 48.8 Å². The second kappa shape index (κ2) is 4.77. The number of nitrogens with zero attached hydrogens (tertiary/aromatic N) is 2. The van der Waals surface area contributed by atoms with Gasteiger partial charge < -0.3 is 9.72 Å². The van der Waals surface area contributed by atoms with Gasteiger partial charge in [-0.15, -0.1) is 0 Å². The third-order valence-electron chi connectivity index (χ3n) is 2.96. The SMILES string of the molecule is Cc1cn2ccc(C(=O)Nc3ccccc3F)cc2n1. The Labute approximate surface area is 114 Å². The minimum Gasteiger partial charge on any atom is -0.319 e. The lowest BCUT2D eigenvalue weighted by Gasteiger charge is -2.06. The van der Waals surface area contributed by atoms with Gasteiger partial charge in [-0.1, -0.05) is 12.1 Å². The van der Waals surface area contributed by atoms with Gasteiger partial charge in [0.25, 0.3) is 5.91 Å². The van der Waals surface area contributed by atoms with Crippen LogP contribution < -0.4 is 5.32 Å². The second-order valence-corrected chi connectivity index (χ2v) is 4.50. The molecule has 3 aromatic rings. The Bertz CT molecular complexity index is 795. The van der Waals surface area contributed by atoms with Gasteiger partial charge in [-0.25, -0.2) is 9.37 Å². The number of hydrogen-bond acceptors (Lipinski definition) is 2. The largest absolute Gasteiger partial charge is 0.319 e. The van der Waals surface area contributed by atoms with E-state index in [0.717, 1.165) is 5.69 Å². The average Bonchev–Trinajstić information content (AvgIpc) is 2.80. The molecule has 3 rings (SSSR count). The van der Waals surface area contributed by atoms with Crippen LogP contribution in [0.1, 0.15) is 16.1 Å². The van der Waals surface area contributed by atoms with Crippen molar-refractivity contribution in [3.05, 3.63) is 65.9 Å². The fourth-order valence-electron chi connectivity index (χ4n) is 2.01. The molecule has 0 fully saturated rings. The molecule has 0 aliphatic heterocycles. The number of para-hydroxylation sites is 1. The molecule has 0 unspecified atom stereocenters. The molecule has 0 atom stereocenters. The van der Waals surface area contributed by atoms with Crippen molar-refractivity contribution in [1.29, 1.82) is 0 Å². The zero-order valence-electron chi connectivity index (χ0n) is 10.8. The van der Waals surface area contributed by atoms with Crippen LogP contribution in [-0.4, -0.2) is 15.3 Å². The number of pyridine rings is 1. The van der Waals surface area contributed by atoms with Crippen molar-refractivity contribution < 1.29 is 9.18 Å². The monoisotopic (exact) mass is 269 g/mol. The Kier molecular flexibility index (Phi) is 2.95. The lowest BCUT2D eigenvalue weighted by Crippen LogP contribution is -2.13. The molecular weight excluding hydrogens is 257 g/mol. The third-order valence-corrected chi connectivity index (χ3v) is 2.96. The van der Waals surface area contributed by atoms with Gasteiger partial charge >= 0.3 is 0 Å². The van der Waals surface area contributed by atoms with Crippen LogP contribution in [-0.2, 0) is 0 Å². The van der Waals surface area contributed by atoms with Gasteiger partial charge in [-0.2, -0.15) is 0 Å². The summed E-state index contributed by atoms with van der Waals surface area (Å²) in [7, 11) is 0. The van der Waals surface area contributed by atoms with Crippen molar-refractivity contribution in [2.45, 2.75) is 6.92 Å². The number of anilines is 1. The van der Waals surface area contributed by atoms with Crippen molar-refractivity contribution in [1.82, 2.24) is 9.38 Å². The lowest BCUT2D eigenvalue weighted by atomic mass is 10.2. The molecule has 0 bridgehead atoms. The van der Waals surface area contributed by atoms with Crippen molar-refractivity contribution >= 4 is 17.2 Å². The third kappa shape index (κ3) is 2.25. The first-order valence-corrected chi connectivity index (χ1v) is 6.15. The first kappa shape index (κ1) is 12.3. The number of benzene rings is 1. The maximum Gasteiger partial charge on any atom is 0.255 e. The summed E-state index contributed by atoms with van der Waals surface area (Å²) in [4.78, 5) is 16.4. The van der Waals surface area contributed by atoms with Gasteiger partial charge in [0.15, 0.2) is 0 Å². The van der Waals surface area contributed by atoms with E-state index in [-0.39, 0.29) is 11.6 Å². The van der Waals surface area contributed by atoms with Crippen molar-refractivity contribution in [2.75, 3.05) is 5.32 Å². The van der Waals surface area contributed by atoms with Gasteiger partial charge in [-0.3, -0.25) is 4.79 Å². The van der Waals surface area contributed by atoms with E-state index in [2.05, 4.69) is 10.3 Å². The standard InChI is InChI=1S/C15H12FN3O/c1-10-9-19-7-6-11(8-14(19)17-10)15(20)18-13-5-3-2-4-12(13)16/h2-9H,1H3,(H,18,20). The molecule has 1 N–H and O–H groups in total. The summed E-state index contributed by atoms with van der Waals surface area (Å²) in [5, 5.41) is 2.55. The van der Waals surface area contributed by atoms with E-state index in [9.17, 15) is 9.18 Å². The highest BCUT2D eigenvalue weighted by Gasteiger charge is 2.10. The van der Waals surface area contributed by atoms with Crippen LogP contribution in [0.4, 0.5) is 10.1 Å². The summed E-state index contributed by atoms with van der Waals surface area (Å²) in [6.07, 6.45) is 3.62. The molecule has 0 saturated heterocycles. The molecule has 0 saturated carbocycles. The van der Waals surface area contributed by atoms with Crippen LogP contribution in [0.5, 0.6) is 0 Å². The number of imidazole rings is 1. The van der Waals surface area contributed by atoms with E-state index >= 15 is 0 Å². The Hall–Kier alpha value is -2.69. The van der Waals surface area contributed by atoms with E-state index in [4.69, 9.17) is 0 Å². The summed E-state index contributed by atoms with van der Waals surface area (Å²) >= 11 is 0. The molecule has 0 aliphatic rings. The predicted octanol–water partition coefficient (Wildman–Crippen LogP) is 3.03. The molecule has 5 heteroatoms. The van der Waals surface area contributed by atoms with Crippen LogP contribution in [0.2, 0.25) is 0 Å². The number of fused-ring (bicyclic) bond motifs is 1.